The minimum atomic E-state index is -3.11. The van der Waals surface area contributed by atoms with Crippen LogP contribution in [0.4, 0.5) is 0 Å². The molecule has 0 fully saturated rings. The van der Waals surface area contributed by atoms with Crippen LogP contribution in [0.3, 0.4) is 0 Å². The van der Waals surface area contributed by atoms with Crippen molar-refractivity contribution in [2.75, 3.05) is 0 Å². The van der Waals surface area contributed by atoms with Crippen LogP contribution in [0.1, 0.15) is 0 Å². The second kappa shape index (κ2) is 11.9. The van der Waals surface area contributed by atoms with Gasteiger partial charge in [0.25, 0.3) is 0 Å². The molecule has 0 aliphatic heterocycles. The molecule has 0 heterocycles. The van der Waals surface area contributed by atoms with Gasteiger partial charge in [-0.25, -0.2) is 0 Å². The molecule has 58 valence electrons. The Bertz CT molecular complexity index is 69.1. The van der Waals surface area contributed by atoms with E-state index in [1.54, 1.807) is 0 Å². The van der Waals surface area contributed by atoms with Crippen LogP contribution in [0.5, 0.6) is 0 Å². The molecule has 0 radical (unpaired) electrons. The summed E-state index contributed by atoms with van der Waals surface area (Å²) < 4.78 is 50.7. The van der Waals surface area contributed by atoms with Gasteiger partial charge in [0.15, 0.2) is 0 Å². The first-order chi connectivity index (χ1) is 3.46. The van der Waals surface area contributed by atoms with Crippen molar-refractivity contribution in [1.29, 1.82) is 0 Å². The number of rotatable bonds is 0. The summed E-state index contributed by atoms with van der Waals surface area (Å²) in [6, 6.07) is 0. The van der Waals surface area contributed by atoms with E-state index in [0.29, 0.717) is 0 Å². The molecule has 0 spiro atoms. The summed E-state index contributed by atoms with van der Waals surface area (Å²) in [7, 11) is 0. The largest absolute Gasteiger partial charge is 0.784 e. The van der Waals surface area contributed by atoms with Crippen molar-refractivity contribution in [2.45, 2.75) is 0 Å². The molecule has 0 aromatic rings. The van der Waals surface area contributed by atoms with Gasteiger partial charge in [-0.15, -0.1) is 22.7 Å². The van der Waals surface area contributed by atoms with Crippen molar-refractivity contribution < 1.29 is 55.8 Å². The Balaban J connectivity index is -0.0000000720. The summed E-state index contributed by atoms with van der Waals surface area (Å²) in [5.41, 5.74) is 0. The normalized spacial score (nSPS) is 7.78. The fraction of sp³-hybridized carbons (Fsp3) is 0. The Morgan fingerprint density at radius 2 is 0.778 bits per heavy atom. The molecule has 0 aliphatic carbocycles. The van der Waals surface area contributed by atoms with E-state index in [1.807, 2.05) is 0 Å². The van der Waals surface area contributed by atoms with Crippen LogP contribution in [-0.4, -0.2) is 26.6 Å². The minimum Gasteiger partial charge on any atom is -0.784 e. The summed E-state index contributed by atoms with van der Waals surface area (Å²) in [5.74, 6) is 0. The smallest absolute Gasteiger partial charge is 0 e. The predicted molar refractivity (Wildman–Crippen MR) is 19.4 cm³/mol. The van der Waals surface area contributed by atoms with Gasteiger partial charge in [-0.05, 0) is 0 Å². The minimum absolute atomic E-state index is 0. The van der Waals surface area contributed by atoms with Gasteiger partial charge < -0.3 is 18.2 Å². The van der Waals surface area contributed by atoms with Gasteiger partial charge in [-0.3, -0.25) is 8.42 Å². The third-order valence-electron chi connectivity index (χ3n) is 0. The molecule has 0 N–H and O–H groups in total. The van der Waals surface area contributed by atoms with Crippen molar-refractivity contribution in [3.63, 3.8) is 0 Å². The van der Waals surface area contributed by atoms with E-state index in [0.717, 1.165) is 0 Å². The molecule has 0 rings (SSSR count). The monoisotopic (exact) mass is 398 g/mol. The third kappa shape index (κ3) is 365. The molecule has 0 aliphatic rings. The Labute approximate surface area is 78.2 Å². The molecule has 0 atom stereocenters. The molecule has 0 unspecified atom stereocenters. The maximum absolute atomic E-state index is 8.44. The van der Waals surface area contributed by atoms with Crippen LogP contribution in [-0.2, 0) is 22.7 Å². The van der Waals surface area contributed by atoms with E-state index in [9.17, 15) is 0 Å². The van der Waals surface area contributed by atoms with Crippen molar-refractivity contribution >= 4 is 22.7 Å². The zero-order valence-corrected chi connectivity index (χ0v) is 8.71. The summed E-state index contributed by atoms with van der Waals surface area (Å²) >= 11 is -6.22. The maximum Gasteiger partial charge on any atom is 0 e. The van der Waals surface area contributed by atoms with Crippen LogP contribution in [0.2, 0.25) is 0 Å². The second-order valence-electron chi connectivity index (χ2n) is 0.408. The first-order valence-corrected chi connectivity index (χ1v) is 3.00. The molecular formula is O6PuS2-4. The van der Waals surface area contributed by atoms with E-state index < -0.39 is 22.7 Å². The van der Waals surface area contributed by atoms with Gasteiger partial charge >= 0.3 is 0 Å². The molecule has 0 aromatic heterocycles. The van der Waals surface area contributed by atoms with E-state index in [4.69, 9.17) is 26.6 Å². The van der Waals surface area contributed by atoms with Crippen molar-refractivity contribution in [3.8, 4) is 0 Å². The van der Waals surface area contributed by atoms with E-state index in [1.165, 1.54) is 0 Å². The van der Waals surface area contributed by atoms with Crippen molar-refractivity contribution in [3.05, 3.63) is 0 Å². The molecule has 0 saturated carbocycles. The molecule has 0 bridgehead atoms. The molecule has 9 heavy (non-hydrogen) atoms. The fourth-order valence-electron chi connectivity index (χ4n) is 0. The van der Waals surface area contributed by atoms with Crippen LogP contribution < -0.4 is 0 Å². The van der Waals surface area contributed by atoms with E-state index in [-0.39, 0.29) is 29.2 Å². The van der Waals surface area contributed by atoms with Gasteiger partial charge in [0.2, 0.25) is 0 Å². The Morgan fingerprint density at radius 3 is 0.778 bits per heavy atom. The molecule has 6 nitrogen and oxygen atoms in total. The van der Waals surface area contributed by atoms with Crippen LogP contribution in [0, 0.1) is 29.2 Å². The van der Waals surface area contributed by atoms with Crippen molar-refractivity contribution in [2.24, 2.45) is 0 Å². The van der Waals surface area contributed by atoms with Gasteiger partial charge in [0.1, 0.15) is 0 Å². The standard InChI is InChI=1S/2H2O3S.Pu/c2*1-4(2)3;/h2*(H2,1,2,3);/p-4. The van der Waals surface area contributed by atoms with E-state index in [2.05, 4.69) is 0 Å². The second-order valence-corrected chi connectivity index (χ2v) is 1.22. The maximum atomic E-state index is 8.44. The van der Waals surface area contributed by atoms with Gasteiger partial charge in [-0.2, -0.15) is 0 Å². The molecule has 0 aromatic carbocycles. The molecular weight excluding hydrogens is 404 g/mol. The quantitative estimate of drug-likeness (QED) is 0.430. The number of hydrogen-bond acceptors (Lipinski definition) is 6. The topological polar surface area (TPSA) is 126 Å². The van der Waals surface area contributed by atoms with Crippen LogP contribution in [0.25, 0.3) is 0 Å². The Morgan fingerprint density at radius 1 is 0.778 bits per heavy atom. The first-order valence-electron chi connectivity index (χ1n) is 1.00. The van der Waals surface area contributed by atoms with Crippen LogP contribution >= 0.6 is 0 Å². The third-order valence-corrected chi connectivity index (χ3v) is 0. The summed E-state index contributed by atoms with van der Waals surface area (Å²) in [6.07, 6.45) is 0. The Hall–Kier alpha value is 1.13. The zero-order valence-electron chi connectivity index (χ0n) is 3.67. The SMILES string of the molecule is O=S([O-])[O-].O=S([O-])[O-].[Pu]. The first kappa shape index (κ1) is 16.6. The van der Waals surface area contributed by atoms with Gasteiger partial charge in [0.05, 0.1) is 0 Å². The van der Waals surface area contributed by atoms with Crippen LogP contribution in [0.15, 0.2) is 0 Å². The molecule has 0 saturated heterocycles. The van der Waals surface area contributed by atoms with E-state index >= 15 is 0 Å². The van der Waals surface area contributed by atoms with Crippen molar-refractivity contribution in [1.82, 2.24) is 0 Å². The molecule has 9 heteroatoms. The van der Waals surface area contributed by atoms with Gasteiger partial charge in [0, 0.05) is 29.2 Å². The molecule has 0 amide bonds. The zero-order chi connectivity index (χ0) is 7.15. The summed E-state index contributed by atoms with van der Waals surface area (Å²) in [4.78, 5) is 0. The van der Waals surface area contributed by atoms with Gasteiger partial charge in [-0.1, -0.05) is 0 Å². The number of hydrogen-bond donors (Lipinski definition) is 0. The predicted octanol–water partition coefficient (Wildman–Crippen LogP) is -2.01. The average Bonchev–Trinajstić information content (AvgIpc) is 1.25. The fourth-order valence-corrected chi connectivity index (χ4v) is 0. The Kier molecular flexibility index (Phi) is 21.9. The summed E-state index contributed by atoms with van der Waals surface area (Å²) in [6.45, 7) is 0. The average molecular weight is 404 g/mol. The summed E-state index contributed by atoms with van der Waals surface area (Å²) in [5, 5.41) is 0.